The van der Waals surface area contributed by atoms with E-state index in [4.69, 9.17) is 0 Å². The van der Waals surface area contributed by atoms with Crippen LogP contribution in [0.4, 0.5) is 5.69 Å². The summed E-state index contributed by atoms with van der Waals surface area (Å²) in [4.78, 5) is 13.9. The highest BCUT2D eigenvalue weighted by Crippen LogP contribution is 2.16. The Kier molecular flexibility index (Phi) is 6.01. The SMILES string of the molecule is CCCn1cnnc1[C@@H](C)NC(=O)c1cccc(NCc2cccs2)c1. The molecule has 2 heterocycles. The molecule has 1 aromatic carbocycles. The van der Waals surface area contributed by atoms with Crippen LogP contribution in [0.25, 0.3) is 0 Å². The molecule has 0 aliphatic heterocycles. The van der Waals surface area contributed by atoms with E-state index in [1.54, 1.807) is 17.7 Å². The zero-order valence-corrected chi connectivity index (χ0v) is 15.8. The molecule has 0 unspecified atom stereocenters. The molecular formula is C19H23N5OS. The molecule has 3 aromatic rings. The smallest absolute Gasteiger partial charge is 0.251 e. The van der Waals surface area contributed by atoms with Crippen LogP contribution in [0.5, 0.6) is 0 Å². The monoisotopic (exact) mass is 369 g/mol. The number of carbonyl (C=O) groups is 1. The molecule has 7 heteroatoms. The lowest BCUT2D eigenvalue weighted by atomic mass is 10.1. The lowest BCUT2D eigenvalue weighted by Crippen LogP contribution is -2.28. The van der Waals surface area contributed by atoms with Crippen molar-refractivity contribution in [2.24, 2.45) is 0 Å². The lowest BCUT2D eigenvalue weighted by Gasteiger charge is -2.15. The average molecular weight is 369 g/mol. The second-order valence-electron chi connectivity index (χ2n) is 6.09. The van der Waals surface area contributed by atoms with E-state index in [2.05, 4.69) is 39.2 Å². The number of carbonyl (C=O) groups excluding carboxylic acids is 1. The summed E-state index contributed by atoms with van der Waals surface area (Å²) in [6.07, 6.45) is 2.69. The lowest BCUT2D eigenvalue weighted by molar-refractivity contribution is 0.0937. The predicted molar refractivity (Wildman–Crippen MR) is 104 cm³/mol. The van der Waals surface area contributed by atoms with Gasteiger partial charge >= 0.3 is 0 Å². The number of aryl methyl sites for hydroxylation is 1. The van der Waals surface area contributed by atoms with Gasteiger partial charge in [0.05, 0.1) is 6.04 Å². The topological polar surface area (TPSA) is 71.8 Å². The van der Waals surface area contributed by atoms with E-state index in [-0.39, 0.29) is 11.9 Å². The van der Waals surface area contributed by atoms with Gasteiger partial charge in [0.1, 0.15) is 6.33 Å². The molecule has 2 N–H and O–H groups in total. The van der Waals surface area contributed by atoms with Gasteiger partial charge in [-0.25, -0.2) is 0 Å². The van der Waals surface area contributed by atoms with Crippen LogP contribution in [0, 0.1) is 0 Å². The minimum absolute atomic E-state index is 0.122. The van der Waals surface area contributed by atoms with Crippen LogP contribution >= 0.6 is 11.3 Å². The number of aromatic nitrogens is 3. The maximum absolute atomic E-state index is 12.6. The van der Waals surface area contributed by atoms with Gasteiger partial charge in [-0.2, -0.15) is 0 Å². The first-order valence-electron chi connectivity index (χ1n) is 8.72. The Morgan fingerprint density at radius 2 is 2.19 bits per heavy atom. The number of thiophene rings is 1. The summed E-state index contributed by atoms with van der Waals surface area (Å²) in [5, 5.41) is 16.5. The van der Waals surface area contributed by atoms with Crippen LogP contribution in [0.2, 0.25) is 0 Å². The number of amides is 1. The number of hydrogen-bond donors (Lipinski definition) is 2. The number of hydrogen-bond acceptors (Lipinski definition) is 5. The zero-order valence-electron chi connectivity index (χ0n) is 15.0. The van der Waals surface area contributed by atoms with Gasteiger partial charge in [0, 0.05) is 29.2 Å². The van der Waals surface area contributed by atoms with Crippen molar-refractivity contribution in [3.63, 3.8) is 0 Å². The van der Waals surface area contributed by atoms with Crippen molar-refractivity contribution in [3.05, 3.63) is 64.4 Å². The molecule has 0 aliphatic carbocycles. The van der Waals surface area contributed by atoms with E-state index in [1.807, 2.05) is 41.8 Å². The molecule has 0 radical (unpaired) electrons. The number of anilines is 1. The summed E-state index contributed by atoms with van der Waals surface area (Å²) in [5.74, 6) is 0.649. The molecule has 136 valence electrons. The van der Waals surface area contributed by atoms with Crippen LogP contribution in [0.15, 0.2) is 48.1 Å². The summed E-state index contributed by atoms with van der Waals surface area (Å²) < 4.78 is 1.98. The Bertz CT molecular complexity index is 843. The van der Waals surface area contributed by atoms with Crippen molar-refractivity contribution in [3.8, 4) is 0 Å². The maximum atomic E-state index is 12.6. The Morgan fingerprint density at radius 1 is 1.31 bits per heavy atom. The molecule has 3 rings (SSSR count). The highest BCUT2D eigenvalue weighted by atomic mass is 32.1. The Morgan fingerprint density at radius 3 is 2.96 bits per heavy atom. The summed E-state index contributed by atoms with van der Waals surface area (Å²) in [6, 6.07) is 11.4. The Balaban J connectivity index is 1.63. The second-order valence-corrected chi connectivity index (χ2v) is 7.12. The third-order valence-corrected chi connectivity index (χ3v) is 4.89. The van der Waals surface area contributed by atoms with Gasteiger partial charge in [-0.3, -0.25) is 4.79 Å². The molecule has 0 fully saturated rings. The average Bonchev–Trinajstić information content (AvgIpc) is 3.32. The third kappa shape index (κ3) is 4.49. The fraction of sp³-hybridized carbons (Fsp3) is 0.316. The number of rotatable bonds is 8. The van der Waals surface area contributed by atoms with Crippen LogP contribution < -0.4 is 10.6 Å². The molecule has 0 aliphatic rings. The van der Waals surface area contributed by atoms with E-state index in [1.165, 1.54) is 4.88 Å². The zero-order chi connectivity index (χ0) is 18.4. The Hall–Kier alpha value is -2.67. The van der Waals surface area contributed by atoms with Crippen LogP contribution in [0.1, 0.15) is 47.4 Å². The summed E-state index contributed by atoms with van der Waals surface area (Å²) in [6.45, 7) is 5.61. The molecule has 0 saturated heterocycles. The van der Waals surface area contributed by atoms with E-state index >= 15 is 0 Å². The van der Waals surface area contributed by atoms with Crippen LogP contribution in [-0.4, -0.2) is 20.7 Å². The van der Waals surface area contributed by atoms with Gasteiger partial charge < -0.3 is 15.2 Å². The minimum atomic E-state index is -0.209. The molecule has 0 bridgehead atoms. The van der Waals surface area contributed by atoms with E-state index in [0.717, 1.165) is 31.0 Å². The van der Waals surface area contributed by atoms with Crippen LogP contribution in [0.3, 0.4) is 0 Å². The second kappa shape index (κ2) is 8.62. The quantitative estimate of drug-likeness (QED) is 0.633. The molecule has 0 spiro atoms. The summed E-state index contributed by atoms with van der Waals surface area (Å²) in [7, 11) is 0. The van der Waals surface area contributed by atoms with Crippen molar-refractivity contribution in [2.45, 2.75) is 39.4 Å². The fourth-order valence-corrected chi connectivity index (χ4v) is 3.37. The van der Waals surface area contributed by atoms with Crippen molar-refractivity contribution >= 4 is 22.9 Å². The molecular weight excluding hydrogens is 346 g/mol. The standard InChI is InChI=1S/C19H23N5OS/c1-3-9-24-13-21-23-18(24)14(2)22-19(25)15-6-4-7-16(11-15)20-12-17-8-5-10-26-17/h4-8,10-11,13-14,20H,3,9,12H2,1-2H3,(H,22,25)/t14-/m1/s1. The highest BCUT2D eigenvalue weighted by molar-refractivity contribution is 7.09. The van der Waals surface area contributed by atoms with Gasteiger partial charge in [0.2, 0.25) is 0 Å². The fourth-order valence-electron chi connectivity index (χ4n) is 2.73. The van der Waals surface area contributed by atoms with E-state index < -0.39 is 0 Å². The van der Waals surface area contributed by atoms with Gasteiger partial charge in [0.15, 0.2) is 5.82 Å². The molecule has 26 heavy (non-hydrogen) atoms. The summed E-state index contributed by atoms with van der Waals surface area (Å²) >= 11 is 1.71. The minimum Gasteiger partial charge on any atom is -0.380 e. The highest BCUT2D eigenvalue weighted by Gasteiger charge is 2.16. The molecule has 6 nitrogen and oxygen atoms in total. The van der Waals surface area contributed by atoms with Gasteiger partial charge in [-0.05, 0) is 43.0 Å². The number of benzene rings is 1. The largest absolute Gasteiger partial charge is 0.380 e. The van der Waals surface area contributed by atoms with Crippen molar-refractivity contribution < 1.29 is 4.79 Å². The Labute approximate surface area is 157 Å². The van der Waals surface area contributed by atoms with E-state index in [0.29, 0.717) is 5.56 Å². The van der Waals surface area contributed by atoms with Crippen molar-refractivity contribution in [1.29, 1.82) is 0 Å². The van der Waals surface area contributed by atoms with Gasteiger partial charge in [-0.15, -0.1) is 21.5 Å². The first-order chi connectivity index (χ1) is 12.7. The van der Waals surface area contributed by atoms with Crippen molar-refractivity contribution in [1.82, 2.24) is 20.1 Å². The van der Waals surface area contributed by atoms with Gasteiger partial charge in [-0.1, -0.05) is 19.1 Å². The predicted octanol–water partition coefficient (Wildman–Crippen LogP) is 3.85. The molecule has 0 saturated carbocycles. The number of nitrogens with one attached hydrogen (secondary N) is 2. The van der Waals surface area contributed by atoms with E-state index in [9.17, 15) is 4.79 Å². The summed E-state index contributed by atoms with van der Waals surface area (Å²) in [5.41, 5.74) is 1.54. The first-order valence-corrected chi connectivity index (χ1v) is 9.60. The maximum Gasteiger partial charge on any atom is 0.251 e. The number of nitrogens with zero attached hydrogens (tertiary/aromatic N) is 3. The molecule has 1 amide bonds. The molecule has 1 atom stereocenters. The molecule has 2 aromatic heterocycles. The third-order valence-electron chi connectivity index (χ3n) is 4.02. The van der Waals surface area contributed by atoms with Crippen molar-refractivity contribution in [2.75, 3.05) is 5.32 Å². The first kappa shape index (κ1) is 18.1. The normalized spacial score (nSPS) is 11.9. The van der Waals surface area contributed by atoms with Gasteiger partial charge in [0.25, 0.3) is 5.91 Å². The van der Waals surface area contributed by atoms with Crippen LogP contribution in [-0.2, 0) is 13.1 Å².